The van der Waals surface area contributed by atoms with Gasteiger partial charge in [-0.25, -0.2) is 0 Å². The maximum absolute atomic E-state index is 12.7. The van der Waals surface area contributed by atoms with E-state index in [1.165, 1.54) is 9.13 Å². The Kier molecular flexibility index (Phi) is 4.94. The van der Waals surface area contributed by atoms with Gasteiger partial charge in [-0.1, -0.05) is 36.4 Å². The number of para-hydroxylation sites is 2. The summed E-state index contributed by atoms with van der Waals surface area (Å²) in [5, 5.41) is 20.7. The molecule has 4 rings (SSSR count). The van der Waals surface area contributed by atoms with Crippen molar-refractivity contribution in [2.45, 2.75) is 0 Å². The zero-order valence-electron chi connectivity index (χ0n) is 15.2. The van der Waals surface area contributed by atoms with Crippen molar-refractivity contribution in [1.82, 2.24) is 18.5 Å². The Hall–Kier alpha value is -3.76. The minimum atomic E-state index is -0.761. The average molecular weight is 438 g/mol. The van der Waals surface area contributed by atoms with Crippen LogP contribution in [0.25, 0.3) is 11.4 Å². The standard InChI is InChI=1S/C20H14N4O4S2/c25-15-11-17(27)23(19(29)21(15)13-7-3-1-4-8-13)24-18(28)12-16(26)22(20(24)30)14-9-5-2-6-10-14/h1-12,25-26H. The van der Waals surface area contributed by atoms with Gasteiger partial charge in [-0.05, 0) is 48.7 Å². The molecule has 0 aliphatic heterocycles. The molecule has 2 N–H and O–H groups in total. The fourth-order valence-electron chi connectivity index (χ4n) is 3.05. The normalized spacial score (nSPS) is 10.8. The first-order valence-electron chi connectivity index (χ1n) is 8.68. The van der Waals surface area contributed by atoms with Crippen molar-refractivity contribution in [2.75, 3.05) is 0 Å². The SMILES string of the molecule is O=c1cc(O)n(-c2ccccc2)c(=S)n1-n1c(=O)cc(O)n(-c2ccccc2)c1=S. The molecular formula is C20H14N4O4S2. The summed E-state index contributed by atoms with van der Waals surface area (Å²) in [6.07, 6.45) is 0. The first-order valence-corrected chi connectivity index (χ1v) is 9.49. The second-order valence-corrected chi connectivity index (χ2v) is 6.94. The fraction of sp³-hybridized carbons (Fsp3) is 0. The van der Waals surface area contributed by atoms with Gasteiger partial charge in [0, 0.05) is 0 Å². The third-order valence-electron chi connectivity index (χ3n) is 4.35. The highest BCUT2D eigenvalue weighted by molar-refractivity contribution is 7.71. The second-order valence-electron chi connectivity index (χ2n) is 6.21. The largest absolute Gasteiger partial charge is 0.494 e. The summed E-state index contributed by atoms with van der Waals surface area (Å²) < 4.78 is 3.88. The lowest BCUT2D eigenvalue weighted by Gasteiger charge is -2.17. The predicted molar refractivity (Wildman–Crippen MR) is 116 cm³/mol. The molecule has 4 aromatic rings. The zero-order valence-corrected chi connectivity index (χ0v) is 16.9. The molecule has 0 spiro atoms. The van der Waals surface area contributed by atoms with Gasteiger partial charge in [-0.2, -0.15) is 9.35 Å². The number of aromatic nitrogens is 4. The molecule has 2 aromatic carbocycles. The first kappa shape index (κ1) is 19.6. The van der Waals surface area contributed by atoms with Crippen LogP contribution in [-0.2, 0) is 0 Å². The number of aromatic hydroxyl groups is 2. The van der Waals surface area contributed by atoms with Gasteiger partial charge in [-0.15, -0.1) is 0 Å². The topological polar surface area (TPSA) is 94.3 Å². The molecule has 150 valence electrons. The molecule has 10 heteroatoms. The molecule has 2 aromatic heterocycles. The molecule has 30 heavy (non-hydrogen) atoms. The van der Waals surface area contributed by atoms with Gasteiger partial charge in [0.05, 0.1) is 23.5 Å². The van der Waals surface area contributed by atoms with Crippen molar-refractivity contribution in [2.24, 2.45) is 0 Å². The Labute approximate surface area is 179 Å². The summed E-state index contributed by atoms with van der Waals surface area (Å²) in [6, 6.07) is 19.1. The molecule has 0 amide bonds. The second kappa shape index (κ2) is 7.58. The number of hydrogen-bond donors (Lipinski definition) is 2. The summed E-state index contributed by atoms with van der Waals surface area (Å²) in [6.45, 7) is 0. The van der Waals surface area contributed by atoms with E-state index < -0.39 is 11.1 Å². The zero-order chi connectivity index (χ0) is 21.4. The molecule has 0 saturated carbocycles. The third-order valence-corrected chi connectivity index (χ3v) is 5.07. The molecule has 2 heterocycles. The van der Waals surface area contributed by atoms with Crippen LogP contribution in [0.2, 0.25) is 0 Å². The first-order chi connectivity index (χ1) is 14.4. The van der Waals surface area contributed by atoms with Crippen LogP contribution >= 0.6 is 24.4 Å². The number of nitrogens with zero attached hydrogens (tertiary/aromatic N) is 4. The molecule has 0 bridgehead atoms. The maximum Gasteiger partial charge on any atom is 0.277 e. The summed E-state index contributed by atoms with van der Waals surface area (Å²) in [4.78, 5) is 25.5. The highest BCUT2D eigenvalue weighted by Crippen LogP contribution is 2.18. The van der Waals surface area contributed by atoms with Gasteiger partial charge in [0.2, 0.25) is 21.3 Å². The molecule has 0 aliphatic carbocycles. The lowest BCUT2D eigenvalue weighted by Crippen LogP contribution is -2.38. The Morgan fingerprint density at radius 2 is 0.933 bits per heavy atom. The molecule has 0 unspecified atom stereocenters. The Morgan fingerprint density at radius 3 is 1.27 bits per heavy atom. The van der Waals surface area contributed by atoms with E-state index in [9.17, 15) is 19.8 Å². The van der Waals surface area contributed by atoms with E-state index in [4.69, 9.17) is 24.4 Å². The number of hydrogen-bond acceptors (Lipinski definition) is 6. The van der Waals surface area contributed by atoms with Crippen molar-refractivity contribution in [3.05, 3.63) is 103 Å². The van der Waals surface area contributed by atoms with Gasteiger partial charge in [-0.3, -0.25) is 18.7 Å². The van der Waals surface area contributed by atoms with Crippen molar-refractivity contribution in [3.8, 4) is 23.1 Å². The van der Waals surface area contributed by atoms with E-state index >= 15 is 0 Å². The molecule has 0 aliphatic rings. The molecule has 0 fully saturated rings. The molecule has 0 atom stereocenters. The van der Waals surface area contributed by atoms with Crippen molar-refractivity contribution < 1.29 is 10.2 Å². The van der Waals surface area contributed by atoms with Gasteiger partial charge >= 0.3 is 0 Å². The average Bonchev–Trinajstić information content (AvgIpc) is 2.71. The van der Waals surface area contributed by atoms with Crippen LogP contribution in [0.3, 0.4) is 0 Å². The summed E-state index contributed by atoms with van der Waals surface area (Å²) in [7, 11) is 0. The van der Waals surface area contributed by atoms with Crippen LogP contribution in [-0.4, -0.2) is 28.7 Å². The van der Waals surface area contributed by atoms with E-state index in [1.54, 1.807) is 60.7 Å². The van der Waals surface area contributed by atoms with E-state index in [2.05, 4.69) is 0 Å². The van der Waals surface area contributed by atoms with Gasteiger partial charge in [0.1, 0.15) is 0 Å². The molecule has 8 nitrogen and oxygen atoms in total. The predicted octanol–water partition coefficient (Wildman–Crippen LogP) is 2.77. The van der Waals surface area contributed by atoms with E-state index in [0.717, 1.165) is 21.5 Å². The highest BCUT2D eigenvalue weighted by atomic mass is 32.1. The van der Waals surface area contributed by atoms with Crippen molar-refractivity contribution >= 4 is 24.4 Å². The summed E-state index contributed by atoms with van der Waals surface area (Å²) in [5.41, 5.74) is -0.545. The van der Waals surface area contributed by atoms with Crippen LogP contribution in [0.4, 0.5) is 0 Å². The van der Waals surface area contributed by atoms with Crippen LogP contribution < -0.4 is 11.1 Å². The number of rotatable bonds is 3. The van der Waals surface area contributed by atoms with Crippen LogP contribution in [0.5, 0.6) is 11.8 Å². The molecule has 0 radical (unpaired) electrons. The monoisotopic (exact) mass is 438 g/mol. The minimum Gasteiger partial charge on any atom is -0.494 e. The Balaban J connectivity index is 2.11. The van der Waals surface area contributed by atoms with E-state index in [1.807, 2.05) is 0 Å². The quantitative estimate of drug-likeness (QED) is 0.478. The molecular weight excluding hydrogens is 424 g/mol. The van der Waals surface area contributed by atoms with Gasteiger partial charge in [0.15, 0.2) is 0 Å². The Morgan fingerprint density at radius 1 is 0.600 bits per heavy atom. The third kappa shape index (κ3) is 3.17. The summed E-state index contributed by atoms with van der Waals surface area (Å²) in [5.74, 6) is -0.776. The van der Waals surface area contributed by atoms with E-state index in [-0.39, 0.29) is 21.3 Å². The maximum atomic E-state index is 12.7. The smallest absolute Gasteiger partial charge is 0.277 e. The van der Waals surface area contributed by atoms with Crippen molar-refractivity contribution in [1.29, 1.82) is 0 Å². The number of benzene rings is 2. The van der Waals surface area contributed by atoms with Crippen molar-refractivity contribution in [3.63, 3.8) is 0 Å². The van der Waals surface area contributed by atoms with Gasteiger partial charge in [0.25, 0.3) is 11.1 Å². The van der Waals surface area contributed by atoms with Crippen LogP contribution in [0.15, 0.2) is 82.4 Å². The fourth-order valence-corrected chi connectivity index (χ4v) is 3.80. The lowest BCUT2D eigenvalue weighted by molar-refractivity contribution is 0.406. The molecule has 0 saturated heterocycles. The highest BCUT2D eigenvalue weighted by Gasteiger charge is 2.16. The minimum absolute atomic E-state index is 0.176. The van der Waals surface area contributed by atoms with Crippen LogP contribution in [0.1, 0.15) is 0 Å². The lowest BCUT2D eigenvalue weighted by atomic mass is 10.3. The van der Waals surface area contributed by atoms with Gasteiger partial charge < -0.3 is 10.2 Å². The Bertz CT molecular complexity index is 1370. The van der Waals surface area contributed by atoms with Crippen LogP contribution in [0, 0.1) is 9.54 Å². The summed E-state index contributed by atoms with van der Waals surface area (Å²) >= 11 is 10.9. The van der Waals surface area contributed by atoms with E-state index in [0.29, 0.717) is 11.4 Å².